The summed E-state index contributed by atoms with van der Waals surface area (Å²) in [5, 5.41) is 12.0. The molecule has 0 aliphatic heterocycles. The standard InChI is InChI=1S/C25H38O2Si/c1-5-9-12-20-17-24(21(13-10-6-2)16-23(20)26)27-18-28-25-15-11-14-19(7-3)22(25)8-4/h11,14-17,26H,5-10,12-13,18,28H2,1-4H3. The highest BCUT2D eigenvalue weighted by atomic mass is 28.2. The average molecular weight is 399 g/mol. The van der Waals surface area contributed by atoms with Gasteiger partial charge in [-0.15, -0.1) is 0 Å². The summed E-state index contributed by atoms with van der Waals surface area (Å²) < 4.78 is 6.34. The first kappa shape index (κ1) is 22.5. The minimum absolute atomic E-state index is 0.438. The van der Waals surface area contributed by atoms with Gasteiger partial charge in [-0.1, -0.05) is 63.9 Å². The van der Waals surface area contributed by atoms with Gasteiger partial charge in [0, 0.05) is 0 Å². The van der Waals surface area contributed by atoms with Crippen LogP contribution in [0.5, 0.6) is 11.5 Å². The molecule has 0 aromatic heterocycles. The lowest BCUT2D eigenvalue weighted by molar-refractivity contribution is 0.377. The first-order valence-electron chi connectivity index (χ1n) is 11.2. The zero-order chi connectivity index (χ0) is 20.4. The summed E-state index contributed by atoms with van der Waals surface area (Å²) >= 11 is 0. The summed E-state index contributed by atoms with van der Waals surface area (Å²) in [6.07, 6.45) is 9.42. The number of ether oxygens (including phenoxy) is 1. The molecule has 154 valence electrons. The Balaban J connectivity index is 2.15. The van der Waals surface area contributed by atoms with E-state index in [0.717, 1.165) is 74.5 Å². The van der Waals surface area contributed by atoms with Crippen LogP contribution in [0.3, 0.4) is 0 Å². The quantitative estimate of drug-likeness (QED) is 0.508. The van der Waals surface area contributed by atoms with Gasteiger partial charge < -0.3 is 9.84 Å². The molecule has 0 radical (unpaired) electrons. The van der Waals surface area contributed by atoms with E-state index >= 15 is 0 Å². The average Bonchev–Trinajstić information content (AvgIpc) is 2.72. The monoisotopic (exact) mass is 398 g/mol. The topological polar surface area (TPSA) is 29.5 Å². The third-order valence-corrected chi connectivity index (χ3v) is 7.20. The molecule has 0 saturated carbocycles. The van der Waals surface area contributed by atoms with Crippen LogP contribution in [0.4, 0.5) is 0 Å². The van der Waals surface area contributed by atoms with Crippen molar-refractivity contribution in [1.29, 1.82) is 0 Å². The lowest BCUT2D eigenvalue weighted by Crippen LogP contribution is -2.26. The summed E-state index contributed by atoms with van der Waals surface area (Å²) in [7, 11) is -0.484. The molecule has 0 fully saturated rings. The van der Waals surface area contributed by atoms with Crippen molar-refractivity contribution in [3.05, 3.63) is 52.6 Å². The Labute approximate surface area is 174 Å². The van der Waals surface area contributed by atoms with Crippen molar-refractivity contribution in [2.75, 3.05) is 6.23 Å². The molecular formula is C25H38O2Si. The first-order chi connectivity index (χ1) is 13.6. The van der Waals surface area contributed by atoms with Crippen LogP contribution in [-0.2, 0) is 25.7 Å². The minimum atomic E-state index is -0.484. The Morgan fingerprint density at radius 3 is 2.21 bits per heavy atom. The van der Waals surface area contributed by atoms with Crippen molar-refractivity contribution in [2.45, 2.75) is 79.1 Å². The Bertz CT molecular complexity index is 740. The van der Waals surface area contributed by atoms with Gasteiger partial charge in [-0.3, -0.25) is 0 Å². The van der Waals surface area contributed by atoms with Crippen LogP contribution in [0.2, 0.25) is 0 Å². The van der Waals surface area contributed by atoms with Crippen molar-refractivity contribution in [3.63, 3.8) is 0 Å². The van der Waals surface area contributed by atoms with Gasteiger partial charge in [0.25, 0.3) is 0 Å². The highest BCUT2D eigenvalue weighted by Crippen LogP contribution is 2.30. The van der Waals surface area contributed by atoms with Gasteiger partial charge in [0.05, 0.1) is 15.7 Å². The molecule has 28 heavy (non-hydrogen) atoms. The van der Waals surface area contributed by atoms with E-state index in [2.05, 4.69) is 52.0 Å². The highest BCUT2D eigenvalue weighted by molar-refractivity contribution is 6.54. The van der Waals surface area contributed by atoms with Crippen LogP contribution in [0, 0.1) is 0 Å². The summed E-state index contributed by atoms with van der Waals surface area (Å²) in [5.41, 5.74) is 5.22. The number of phenols is 1. The molecule has 0 bridgehead atoms. The summed E-state index contributed by atoms with van der Waals surface area (Å²) in [5.74, 6) is 1.43. The van der Waals surface area contributed by atoms with E-state index in [9.17, 15) is 5.11 Å². The maximum absolute atomic E-state index is 10.4. The number of phenolic OH excluding ortho intramolecular Hbond substituents is 1. The van der Waals surface area contributed by atoms with Crippen LogP contribution >= 0.6 is 0 Å². The van der Waals surface area contributed by atoms with E-state index in [4.69, 9.17) is 4.74 Å². The third kappa shape index (κ3) is 6.13. The normalized spacial score (nSPS) is 11.4. The van der Waals surface area contributed by atoms with Crippen molar-refractivity contribution in [3.8, 4) is 11.5 Å². The number of hydrogen-bond acceptors (Lipinski definition) is 2. The molecule has 0 saturated heterocycles. The van der Waals surface area contributed by atoms with Gasteiger partial charge in [0.2, 0.25) is 0 Å². The number of aryl methyl sites for hydroxylation is 3. The van der Waals surface area contributed by atoms with Gasteiger partial charge >= 0.3 is 0 Å². The van der Waals surface area contributed by atoms with E-state index in [-0.39, 0.29) is 0 Å². The maximum atomic E-state index is 10.4. The smallest absolute Gasteiger partial charge is 0.122 e. The largest absolute Gasteiger partial charge is 0.508 e. The highest BCUT2D eigenvalue weighted by Gasteiger charge is 2.12. The second kappa shape index (κ2) is 12.0. The van der Waals surface area contributed by atoms with Gasteiger partial charge in [0.1, 0.15) is 11.5 Å². The molecule has 0 aliphatic carbocycles. The molecule has 0 atom stereocenters. The molecule has 2 aromatic carbocycles. The minimum Gasteiger partial charge on any atom is -0.508 e. The van der Waals surface area contributed by atoms with Gasteiger partial charge in [-0.2, -0.15) is 0 Å². The summed E-state index contributed by atoms with van der Waals surface area (Å²) in [6.45, 7) is 8.89. The number of unbranched alkanes of at least 4 members (excludes halogenated alkanes) is 2. The number of rotatable bonds is 12. The molecule has 0 unspecified atom stereocenters. The lowest BCUT2D eigenvalue weighted by Gasteiger charge is -2.16. The molecule has 0 amide bonds. The van der Waals surface area contributed by atoms with E-state index in [1.54, 1.807) is 10.8 Å². The number of hydrogen-bond donors (Lipinski definition) is 1. The van der Waals surface area contributed by atoms with Gasteiger partial charge in [0.15, 0.2) is 0 Å². The van der Waals surface area contributed by atoms with Crippen LogP contribution in [0.1, 0.15) is 75.6 Å². The molecule has 0 heterocycles. The zero-order valence-corrected chi connectivity index (χ0v) is 19.7. The van der Waals surface area contributed by atoms with Crippen LogP contribution in [-0.4, -0.2) is 20.9 Å². The third-order valence-electron chi connectivity index (χ3n) is 5.59. The Morgan fingerprint density at radius 2 is 1.57 bits per heavy atom. The zero-order valence-electron chi connectivity index (χ0n) is 18.3. The predicted molar refractivity (Wildman–Crippen MR) is 124 cm³/mol. The fraction of sp³-hybridized carbons (Fsp3) is 0.520. The molecular weight excluding hydrogens is 360 g/mol. The van der Waals surface area contributed by atoms with E-state index in [0.29, 0.717) is 5.75 Å². The second-order valence-corrected chi connectivity index (χ2v) is 9.33. The SMILES string of the molecule is CCCCc1cc(OC[SiH2]c2cccc(CC)c2CC)c(CCCC)cc1O. The molecule has 3 heteroatoms. The Kier molecular flexibility index (Phi) is 9.63. The van der Waals surface area contributed by atoms with Crippen LogP contribution in [0.25, 0.3) is 0 Å². The lowest BCUT2D eigenvalue weighted by atomic mass is 10.0. The fourth-order valence-electron chi connectivity index (χ4n) is 3.90. The molecule has 2 aromatic rings. The van der Waals surface area contributed by atoms with Gasteiger partial charge in [-0.05, 0) is 72.9 Å². The molecule has 2 nitrogen and oxygen atoms in total. The van der Waals surface area contributed by atoms with Crippen molar-refractivity contribution >= 4 is 14.7 Å². The molecule has 1 N–H and O–H groups in total. The molecule has 0 spiro atoms. The Morgan fingerprint density at radius 1 is 0.857 bits per heavy atom. The van der Waals surface area contributed by atoms with Crippen molar-refractivity contribution in [2.24, 2.45) is 0 Å². The fourth-order valence-corrected chi connectivity index (χ4v) is 5.52. The van der Waals surface area contributed by atoms with Crippen LogP contribution < -0.4 is 9.92 Å². The second-order valence-electron chi connectivity index (χ2n) is 7.66. The number of benzene rings is 2. The van der Waals surface area contributed by atoms with E-state index < -0.39 is 9.52 Å². The summed E-state index contributed by atoms with van der Waals surface area (Å²) in [6, 6.07) is 10.8. The molecule has 0 aliphatic rings. The summed E-state index contributed by atoms with van der Waals surface area (Å²) in [4.78, 5) is 0. The Hall–Kier alpha value is -1.74. The molecule has 2 rings (SSSR count). The van der Waals surface area contributed by atoms with E-state index in [1.165, 1.54) is 5.56 Å². The maximum Gasteiger partial charge on any atom is 0.122 e. The number of aromatic hydroxyl groups is 1. The van der Waals surface area contributed by atoms with Crippen molar-refractivity contribution in [1.82, 2.24) is 0 Å². The van der Waals surface area contributed by atoms with E-state index in [1.807, 2.05) is 6.07 Å². The van der Waals surface area contributed by atoms with Crippen molar-refractivity contribution < 1.29 is 9.84 Å². The van der Waals surface area contributed by atoms with Crippen LogP contribution in [0.15, 0.2) is 30.3 Å². The predicted octanol–water partition coefficient (Wildman–Crippen LogP) is 5.03. The van der Waals surface area contributed by atoms with Gasteiger partial charge in [-0.25, -0.2) is 0 Å². The first-order valence-corrected chi connectivity index (χ1v) is 12.9.